The zero-order valence-corrected chi connectivity index (χ0v) is 12.5. The first-order valence-electron chi connectivity index (χ1n) is 7.33. The molecule has 3 rings (SSSR count). The molecule has 1 atom stereocenters. The standard InChI is InChI=1S/C14H21N3O2S/c18-14(13-3-1-8-19-13)17-5-2-4-16(6-7-17)9-12-10-20-11-15-12/h10-11,13H,1-9H2/t13-/m0/s1. The summed E-state index contributed by atoms with van der Waals surface area (Å²) in [6.45, 7) is 5.25. The van der Waals surface area contributed by atoms with Gasteiger partial charge in [0, 0.05) is 44.7 Å². The molecule has 0 spiro atoms. The van der Waals surface area contributed by atoms with Crippen LogP contribution in [0, 0.1) is 0 Å². The van der Waals surface area contributed by atoms with Gasteiger partial charge in [0.05, 0.1) is 11.2 Å². The molecule has 5 nitrogen and oxygen atoms in total. The zero-order valence-electron chi connectivity index (χ0n) is 11.7. The molecular weight excluding hydrogens is 274 g/mol. The highest BCUT2D eigenvalue weighted by molar-refractivity contribution is 7.07. The molecule has 110 valence electrons. The first kappa shape index (κ1) is 14.0. The third-order valence-corrected chi connectivity index (χ3v) is 4.61. The average molecular weight is 295 g/mol. The van der Waals surface area contributed by atoms with Crippen LogP contribution < -0.4 is 0 Å². The van der Waals surface area contributed by atoms with E-state index in [-0.39, 0.29) is 12.0 Å². The van der Waals surface area contributed by atoms with E-state index in [0.717, 1.165) is 64.3 Å². The quantitative estimate of drug-likeness (QED) is 0.844. The topological polar surface area (TPSA) is 45.7 Å². The summed E-state index contributed by atoms with van der Waals surface area (Å²) in [5.41, 5.74) is 3.01. The number of thiazole rings is 1. The van der Waals surface area contributed by atoms with Crippen molar-refractivity contribution in [3.63, 3.8) is 0 Å². The Balaban J connectivity index is 1.52. The fourth-order valence-corrected chi connectivity index (χ4v) is 3.42. The number of amides is 1. The molecular formula is C14H21N3O2S. The van der Waals surface area contributed by atoms with Gasteiger partial charge in [0.2, 0.25) is 0 Å². The number of nitrogens with zero attached hydrogens (tertiary/aromatic N) is 3. The second kappa shape index (κ2) is 6.65. The lowest BCUT2D eigenvalue weighted by Gasteiger charge is -2.24. The first-order chi connectivity index (χ1) is 9.83. The third kappa shape index (κ3) is 3.37. The summed E-state index contributed by atoms with van der Waals surface area (Å²) in [6, 6.07) is 0. The second-order valence-corrected chi connectivity index (χ2v) is 6.16. The number of hydrogen-bond donors (Lipinski definition) is 0. The number of carbonyl (C=O) groups is 1. The highest BCUT2D eigenvalue weighted by Crippen LogP contribution is 2.16. The molecule has 1 aromatic rings. The van der Waals surface area contributed by atoms with Crippen molar-refractivity contribution in [3.05, 3.63) is 16.6 Å². The maximum Gasteiger partial charge on any atom is 0.251 e. The van der Waals surface area contributed by atoms with Crippen molar-refractivity contribution in [2.45, 2.75) is 31.9 Å². The van der Waals surface area contributed by atoms with Crippen LogP contribution in [-0.2, 0) is 16.1 Å². The molecule has 2 aliphatic heterocycles. The highest BCUT2D eigenvalue weighted by atomic mass is 32.1. The van der Waals surface area contributed by atoms with E-state index in [1.807, 2.05) is 10.4 Å². The van der Waals surface area contributed by atoms with Crippen LogP contribution in [0.5, 0.6) is 0 Å². The molecule has 0 aliphatic carbocycles. The smallest absolute Gasteiger partial charge is 0.251 e. The number of carbonyl (C=O) groups excluding carboxylic acids is 1. The van der Waals surface area contributed by atoms with Crippen molar-refractivity contribution in [2.75, 3.05) is 32.8 Å². The number of ether oxygens (including phenoxy) is 1. The van der Waals surface area contributed by atoms with Crippen molar-refractivity contribution in [1.82, 2.24) is 14.8 Å². The predicted octanol–water partition coefficient (Wildman–Crippen LogP) is 1.36. The Morgan fingerprint density at radius 3 is 3.05 bits per heavy atom. The normalized spacial score (nSPS) is 24.8. The van der Waals surface area contributed by atoms with Gasteiger partial charge in [-0.25, -0.2) is 4.98 Å². The fraction of sp³-hybridized carbons (Fsp3) is 0.714. The summed E-state index contributed by atoms with van der Waals surface area (Å²) < 4.78 is 5.51. The van der Waals surface area contributed by atoms with Crippen LogP contribution in [0.15, 0.2) is 10.9 Å². The van der Waals surface area contributed by atoms with Crippen molar-refractivity contribution in [3.8, 4) is 0 Å². The van der Waals surface area contributed by atoms with Crippen molar-refractivity contribution in [1.29, 1.82) is 0 Å². The van der Waals surface area contributed by atoms with Gasteiger partial charge in [0.25, 0.3) is 5.91 Å². The van der Waals surface area contributed by atoms with E-state index in [9.17, 15) is 4.79 Å². The molecule has 2 aliphatic rings. The Hall–Kier alpha value is -0.980. The van der Waals surface area contributed by atoms with E-state index < -0.39 is 0 Å². The average Bonchev–Trinajstić information content (AvgIpc) is 3.10. The van der Waals surface area contributed by atoms with Gasteiger partial charge in [-0.2, -0.15) is 0 Å². The zero-order chi connectivity index (χ0) is 13.8. The molecule has 0 bridgehead atoms. The van der Waals surface area contributed by atoms with Gasteiger partial charge in [-0.1, -0.05) is 0 Å². The van der Waals surface area contributed by atoms with Gasteiger partial charge < -0.3 is 9.64 Å². The number of aromatic nitrogens is 1. The molecule has 0 N–H and O–H groups in total. The molecule has 1 amide bonds. The van der Waals surface area contributed by atoms with E-state index in [1.54, 1.807) is 11.3 Å². The summed E-state index contributed by atoms with van der Waals surface area (Å²) in [5.74, 6) is 0.193. The van der Waals surface area contributed by atoms with E-state index in [4.69, 9.17) is 4.74 Å². The number of rotatable bonds is 3. The fourth-order valence-electron chi connectivity index (χ4n) is 2.87. The van der Waals surface area contributed by atoms with Gasteiger partial charge in [-0.15, -0.1) is 11.3 Å². The molecule has 1 aromatic heterocycles. The van der Waals surface area contributed by atoms with Crippen LogP contribution in [0.25, 0.3) is 0 Å². The molecule has 2 fully saturated rings. The van der Waals surface area contributed by atoms with Crippen LogP contribution in [0.2, 0.25) is 0 Å². The lowest BCUT2D eigenvalue weighted by molar-refractivity contribution is -0.140. The van der Waals surface area contributed by atoms with Crippen LogP contribution in [0.4, 0.5) is 0 Å². The Kier molecular flexibility index (Phi) is 4.65. The second-order valence-electron chi connectivity index (χ2n) is 5.44. The van der Waals surface area contributed by atoms with Crippen molar-refractivity contribution >= 4 is 17.2 Å². The minimum Gasteiger partial charge on any atom is -0.368 e. The summed E-state index contributed by atoms with van der Waals surface area (Å²) >= 11 is 1.64. The van der Waals surface area contributed by atoms with Gasteiger partial charge in [-0.3, -0.25) is 9.69 Å². The predicted molar refractivity (Wildman–Crippen MR) is 77.6 cm³/mol. The van der Waals surface area contributed by atoms with Gasteiger partial charge in [0.1, 0.15) is 6.10 Å². The van der Waals surface area contributed by atoms with Crippen LogP contribution >= 0.6 is 11.3 Å². The van der Waals surface area contributed by atoms with Gasteiger partial charge >= 0.3 is 0 Å². The van der Waals surface area contributed by atoms with Crippen molar-refractivity contribution in [2.24, 2.45) is 0 Å². The van der Waals surface area contributed by atoms with Crippen LogP contribution in [0.1, 0.15) is 25.0 Å². The maximum atomic E-state index is 12.3. The minimum absolute atomic E-state index is 0.180. The van der Waals surface area contributed by atoms with E-state index in [0.29, 0.717) is 0 Å². The van der Waals surface area contributed by atoms with E-state index in [2.05, 4.69) is 15.3 Å². The first-order valence-corrected chi connectivity index (χ1v) is 8.27. The molecule has 0 aromatic carbocycles. The molecule has 2 saturated heterocycles. The van der Waals surface area contributed by atoms with Crippen LogP contribution in [0.3, 0.4) is 0 Å². The largest absolute Gasteiger partial charge is 0.368 e. The summed E-state index contributed by atoms with van der Waals surface area (Å²) in [5, 5.41) is 2.10. The summed E-state index contributed by atoms with van der Waals surface area (Å²) in [7, 11) is 0. The third-order valence-electron chi connectivity index (χ3n) is 3.97. The molecule has 3 heterocycles. The SMILES string of the molecule is O=C([C@@H]1CCCO1)N1CCCN(Cc2cscn2)CC1. The summed E-state index contributed by atoms with van der Waals surface area (Å²) in [6.07, 6.45) is 2.75. The van der Waals surface area contributed by atoms with E-state index in [1.165, 1.54) is 0 Å². The number of hydrogen-bond acceptors (Lipinski definition) is 5. The van der Waals surface area contributed by atoms with Crippen LogP contribution in [-0.4, -0.2) is 59.6 Å². The van der Waals surface area contributed by atoms with Gasteiger partial charge in [-0.05, 0) is 19.3 Å². The van der Waals surface area contributed by atoms with Gasteiger partial charge in [0.15, 0.2) is 0 Å². The maximum absolute atomic E-state index is 12.3. The van der Waals surface area contributed by atoms with Crippen molar-refractivity contribution < 1.29 is 9.53 Å². The molecule has 20 heavy (non-hydrogen) atoms. The molecule has 0 radical (unpaired) electrons. The Labute approximate surface area is 123 Å². The molecule has 6 heteroatoms. The minimum atomic E-state index is -0.180. The molecule has 0 unspecified atom stereocenters. The molecule has 0 saturated carbocycles. The van der Waals surface area contributed by atoms with E-state index >= 15 is 0 Å². The highest BCUT2D eigenvalue weighted by Gasteiger charge is 2.29. The Morgan fingerprint density at radius 2 is 2.30 bits per heavy atom. The Bertz CT molecular complexity index is 432. The Morgan fingerprint density at radius 1 is 1.35 bits per heavy atom. The monoisotopic (exact) mass is 295 g/mol. The summed E-state index contributed by atoms with van der Waals surface area (Å²) in [4.78, 5) is 21.1. The lowest BCUT2D eigenvalue weighted by atomic mass is 10.2. The lowest BCUT2D eigenvalue weighted by Crippen LogP contribution is -2.41.